The van der Waals surface area contributed by atoms with Crippen molar-refractivity contribution in [3.63, 3.8) is 0 Å². The first-order valence-electron chi connectivity index (χ1n) is 6.77. The smallest absolute Gasteiger partial charge is 0.119 e. The van der Waals surface area contributed by atoms with Gasteiger partial charge in [0.15, 0.2) is 0 Å². The van der Waals surface area contributed by atoms with Crippen molar-refractivity contribution in [3.8, 4) is 22.6 Å². The Hall–Kier alpha value is -2.00. The quantitative estimate of drug-likeness (QED) is 0.636. The van der Waals surface area contributed by atoms with Crippen molar-refractivity contribution in [3.05, 3.63) is 71.0 Å². The number of benzene rings is 2. The Labute approximate surface area is 133 Å². The van der Waals surface area contributed by atoms with Gasteiger partial charge in [0.2, 0.25) is 0 Å². The first kappa shape index (κ1) is 14.0. The molecule has 3 aromatic rings. The van der Waals surface area contributed by atoms with Gasteiger partial charge in [-0.05, 0) is 55.0 Å². The topological polar surface area (TPSA) is 14.2 Å². The van der Waals surface area contributed by atoms with E-state index in [2.05, 4.69) is 76.1 Å². The lowest BCUT2D eigenvalue weighted by Gasteiger charge is -2.07. The second kappa shape index (κ2) is 5.78. The van der Waals surface area contributed by atoms with Gasteiger partial charge in [-0.1, -0.05) is 28.1 Å². The first-order valence-corrected chi connectivity index (χ1v) is 7.56. The molecule has 0 aliphatic heterocycles. The van der Waals surface area contributed by atoms with Crippen LogP contribution in [0.2, 0.25) is 0 Å². The number of rotatable bonds is 3. The van der Waals surface area contributed by atoms with Crippen LogP contribution in [0.25, 0.3) is 16.8 Å². The summed E-state index contributed by atoms with van der Waals surface area (Å²) in [5.41, 5.74) is 4.78. The third kappa shape index (κ3) is 2.88. The zero-order chi connectivity index (χ0) is 14.8. The lowest BCUT2D eigenvalue weighted by molar-refractivity contribution is 0.414. The summed E-state index contributed by atoms with van der Waals surface area (Å²) in [5, 5.41) is 0. The average molecular weight is 342 g/mol. The fraction of sp³-hybridized carbons (Fsp3) is 0.111. The monoisotopic (exact) mass is 341 g/mol. The summed E-state index contributed by atoms with van der Waals surface area (Å²) >= 11 is 3.47. The third-order valence-electron chi connectivity index (χ3n) is 3.54. The molecule has 0 saturated carbocycles. The minimum Gasteiger partial charge on any atom is -0.497 e. The predicted molar refractivity (Wildman–Crippen MR) is 90.2 cm³/mol. The average Bonchev–Trinajstić information content (AvgIpc) is 2.90. The largest absolute Gasteiger partial charge is 0.497 e. The van der Waals surface area contributed by atoms with E-state index in [9.17, 15) is 0 Å². The normalized spacial score (nSPS) is 10.6. The molecule has 0 unspecified atom stereocenters. The van der Waals surface area contributed by atoms with Crippen molar-refractivity contribution in [1.29, 1.82) is 0 Å². The highest BCUT2D eigenvalue weighted by molar-refractivity contribution is 9.10. The molecule has 2 aromatic carbocycles. The Morgan fingerprint density at radius 2 is 1.57 bits per heavy atom. The molecule has 3 heteroatoms. The number of methoxy groups -OCH3 is 1. The first-order chi connectivity index (χ1) is 10.2. The SMILES string of the molecule is COc1ccc(-n2cc(-c3ccc(Br)cc3)cc2C)cc1. The van der Waals surface area contributed by atoms with E-state index in [1.807, 2.05) is 12.1 Å². The molecule has 1 heterocycles. The van der Waals surface area contributed by atoms with E-state index in [4.69, 9.17) is 4.74 Å². The van der Waals surface area contributed by atoms with Gasteiger partial charge < -0.3 is 9.30 Å². The highest BCUT2D eigenvalue weighted by atomic mass is 79.9. The molecule has 0 aliphatic carbocycles. The number of hydrogen-bond acceptors (Lipinski definition) is 1. The van der Waals surface area contributed by atoms with Crippen molar-refractivity contribution >= 4 is 15.9 Å². The minimum atomic E-state index is 0.872. The highest BCUT2D eigenvalue weighted by Crippen LogP contribution is 2.26. The van der Waals surface area contributed by atoms with Crippen molar-refractivity contribution in [2.24, 2.45) is 0 Å². The number of halogens is 1. The van der Waals surface area contributed by atoms with Crippen molar-refractivity contribution < 1.29 is 4.74 Å². The van der Waals surface area contributed by atoms with E-state index in [0.29, 0.717) is 0 Å². The third-order valence-corrected chi connectivity index (χ3v) is 4.07. The number of aryl methyl sites for hydroxylation is 1. The van der Waals surface area contributed by atoms with Crippen LogP contribution in [0.15, 0.2) is 65.3 Å². The van der Waals surface area contributed by atoms with E-state index in [1.165, 1.54) is 16.8 Å². The Balaban J connectivity index is 1.98. The van der Waals surface area contributed by atoms with Gasteiger partial charge in [0.25, 0.3) is 0 Å². The Kier molecular flexibility index (Phi) is 3.84. The van der Waals surface area contributed by atoms with Gasteiger partial charge in [0, 0.05) is 27.6 Å². The van der Waals surface area contributed by atoms with Gasteiger partial charge in [-0.25, -0.2) is 0 Å². The molecule has 0 aliphatic rings. The van der Waals surface area contributed by atoms with Gasteiger partial charge in [-0.15, -0.1) is 0 Å². The molecule has 0 bridgehead atoms. The maximum absolute atomic E-state index is 5.21. The predicted octanol–water partition coefficient (Wildman–Crippen LogP) is 5.22. The van der Waals surface area contributed by atoms with Crippen LogP contribution in [-0.2, 0) is 0 Å². The maximum Gasteiger partial charge on any atom is 0.119 e. The fourth-order valence-electron chi connectivity index (χ4n) is 2.39. The van der Waals surface area contributed by atoms with Crippen LogP contribution >= 0.6 is 15.9 Å². The summed E-state index contributed by atoms with van der Waals surface area (Å²) in [5.74, 6) is 0.872. The lowest BCUT2D eigenvalue weighted by Crippen LogP contribution is -1.94. The zero-order valence-corrected chi connectivity index (χ0v) is 13.6. The molecule has 2 nitrogen and oxygen atoms in total. The molecule has 0 amide bonds. The van der Waals surface area contributed by atoms with Crippen molar-refractivity contribution in [2.75, 3.05) is 7.11 Å². The second-order valence-electron chi connectivity index (χ2n) is 4.95. The molecule has 0 N–H and O–H groups in total. The number of hydrogen-bond donors (Lipinski definition) is 0. The van der Waals surface area contributed by atoms with Crippen LogP contribution in [0.1, 0.15) is 5.69 Å². The molecule has 1 aromatic heterocycles. The van der Waals surface area contributed by atoms with E-state index in [1.54, 1.807) is 7.11 Å². The fourth-order valence-corrected chi connectivity index (χ4v) is 2.66. The summed E-state index contributed by atoms with van der Waals surface area (Å²) in [6.45, 7) is 2.12. The molecule has 0 saturated heterocycles. The molecule has 0 atom stereocenters. The highest BCUT2D eigenvalue weighted by Gasteiger charge is 2.06. The van der Waals surface area contributed by atoms with Crippen molar-refractivity contribution in [2.45, 2.75) is 6.92 Å². The van der Waals surface area contributed by atoms with E-state index in [-0.39, 0.29) is 0 Å². The molecule has 106 valence electrons. The second-order valence-corrected chi connectivity index (χ2v) is 5.86. The summed E-state index contributed by atoms with van der Waals surface area (Å²) < 4.78 is 8.49. The summed E-state index contributed by atoms with van der Waals surface area (Å²) in [7, 11) is 1.68. The van der Waals surface area contributed by atoms with Gasteiger partial charge in [-0.2, -0.15) is 0 Å². The summed E-state index contributed by atoms with van der Waals surface area (Å²) in [4.78, 5) is 0. The van der Waals surface area contributed by atoms with Crippen molar-refractivity contribution in [1.82, 2.24) is 4.57 Å². The van der Waals surface area contributed by atoms with Gasteiger partial charge in [0.1, 0.15) is 5.75 Å². The van der Waals surface area contributed by atoms with Crippen LogP contribution in [0.5, 0.6) is 5.75 Å². The Morgan fingerprint density at radius 1 is 0.905 bits per heavy atom. The number of ether oxygens (including phenoxy) is 1. The molecular weight excluding hydrogens is 326 g/mol. The number of nitrogens with zero attached hydrogens (tertiary/aromatic N) is 1. The van der Waals surface area contributed by atoms with Gasteiger partial charge in [-0.3, -0.25) is 0 Å². The van der Waals surface area contributed by atoms with Gasteiger partial charge in [0.05, 0.1) is 7.11 Å². The molecule has 0 radical (unpaired) electrons. The van der Waals surface area contributed by atoms with Crippen LogP contribution in [0.3, 0.4) is 0 Å². The van der Waals surface area contributed by atoms with Crippen LogP contribution in [0, 0.1) is 6.92 Å². The van der Waals surface area contributed by atoms with Crippen LogP contribution in [0.4, 0.5) is 0 Å². The molecule has 0 fully saturated rings. The van der Waals surface area contributed by atoms with Gasteiger partial charge >= 0.3 is 0 Å². The molecular formula is C18H16BrNO. The van der Waals surface area contributed by atoms with E-state index >= 15 is 0 Å². The summed E-state index contributed by atoms with van der Waals surface area (Å²) in [6, 6.07) is 18.7. The standard InChI is InChI=1S/C18H16BrNO/c1-13-11-15(14-3-5-16(19)6-4-14)12-20(13)17-7-9-18(21-2)10-8-17/h3-12H,1-2H3. The van der Waals surface area contributed by atoms with E-state index < -0.39 is 0 Å². The zero-order valence-electron chi connectivity index (χ0n) is 12.0. The number of aromatic nitrogens is 1. The Bertz CT molecular complexity index is 742. The van der Waals surface area contributed by atoms with Crippen LogP contribution in [-0.4, -0.2) is 11.7 Å². The summed E-state index contributed by atoms with van der Waals surface area (Å²) in [6.07, 6.45) is 2.17. The van der Waals surface area contributed by atoms with E-state index in [0.717, 1.165) is 15.9 Å². The molecule has 21 heavy (non-hydrogen) atoms. The lowest BCUT2D eigenvalue weighted by atomic mass is 10.1. The van der Waals surface area contributed by atoms with Crippen LogP contribution < -0.4 is 4.74 Å². The molecule has 0 spiro atoms. The Morgan fingerprint density at radius 3 is 2.19 bits per heavy atom. The molecule has 3 rings (SSSR count). The maximum atomic E-state index is 5.21. The minimum absolute atomic E-state index is 0.872.